The number of aryl methyl sites for hydroxylation is 1. The minimum absolute atomic E-state index is 0.0405. The van der Waals surface area contributed by atoms with E-state index in [-0.39, 0.29) is 23.4 Å². The van der Waals surface area contributed by atoms with Crippen molar-refractivity contribution in [3.8, 4) is 11.5 Å². The number of nitrogens with two attached hydrogens (primary N) is 1. The molecule has 1 atom stereocenters. The SMILES string of the molecule is CCNc1ccc(S(=O)CC)c(-c2nc3cc(C(F)(F)F)nnc3n2C)n1.NC=O. The summed E-state index contributed by atoms with van der Waals surface area (Å²) in [7, 11) is 0.281. The number of pyridine rings is 1. The number of carbonyl (C=O) groups is 1. The summed E-state index contributed by atoms with van der Waals surface area (Å²) in [4.78, 5) is 17.8. The maximum Gasteiger partial charge on any atom is 0.435 e. The Balaban J connectivity index is 0.00000101. The predicted molar refractivity (Wildman–Crippen MR) is 106 cm³/mol. The normalized spacial score (nSPS) is 12.2. The van der Waals surface area contributed by atoms with E-state index >= 15 is 0 Å². The molecule has 3 aromatic heterocycles. The first-order valence-electron chi connectivity index (χ1n) is 8.74. The Morgan fingerprint density at radius 2 is 1.90 bits per heavy atom. The van der Waals surface area contributed by atoms with Crippen molar-refractivity contribution in [3.05, 3.63) is 23.9 Å². The number of hydrogen-bond acceptors (Lipinski definition) is 7. The van der Waals surface area contributed by atoms with E-state index in [4.69, 9.17) is 4.79 Å². The Kier molecular flexibility index (Phi) is 7.43. The standard InChI is InChI=1S/C16H17F3N6OS.CH3NO/c1-4-20-12-7-6-10(27(26)5-2)13(22-12)15-21-9-8-11(16(17,18)19)23-24-14(9)25(15)3;2-1-3/h6-8H,4-5H2,1-3H3,(H,20,22);1H,(H2,2,3). The van der Waals surface area contributed by atoms with E-state index in [0.717, 1.165) is 6.07 Å². The average molecular weight is 443 g/mol. The molecule has 162 valence electrons. The Labute approximate surface area is 172 Å². The molecule has 0 spiro atoms. The molecule has 3 rings (SSSR count). The molecular weight excluding hydrogens is 423 g/mol. The van der Waals surface area contributed by atoms with Gasteiger partial charge in [-0.1, -0.05) is 6.92 Å². The lowest BCUT2D eigenvalue weighted by molar-refractivity contribution is -0.141. The highest BCUT2D eigenvalue weighted by atomic mass is 32.2. The van der Waals surface area contributed by atoms with Gasteiger partial charge in [-0.2, -0.15) is 13.2 Å². The van der Waals surface area contributed by atoms with Gasteiger partial charge in [-0.3, -0.25) is 9.00 Å². The summed E-state index contributed by atoms with van der Waals surface area (Å²) in [6.07, 6.45) is -4.36. The zero-order chi connectivity index (χ0) is 22.5. The number of aromatic nitrogens is 5. The maximum absolute atomic E-state index is 12.9. The van der Waals surface area contributed by atoms with Crippen LogP contribution in [-0.2, 0) is 28.8 Å². The second-order valence-electron chi connectivity index (χ2n) is 5.77. The number of imidazole rings is 1. The summed E-state index contributed by atoms with van der Waals surface area (Å²) in [5.41, 5.74) is 3.61. The van der Waals surface area contributed by atoms with Crippen LogP contribution in [0.4, 0.5) is 19.0 Å². The molecule has 1 amide bonds. The molecule has 0 aliphatic rings. The molecular formula is C17H20F3N7O2S. The van der Waals surface area contributed by atoms with E-state index in [1.807, 2.05) is 6.92 Å². The van der Waals surface area contributed by atoms with Crippen molar-refractivity contribution in [2.75, 3.05) is 17.6 Å². The number of carbonyl (C=O) groups excluding carboxylic acids is 1. The third-order valence-electron chi connectivity index (χ3n) is 3.84. The van der Waals surface area contributed by atoms with Crippen molar-refractivity contribution < 1.29 is 22.2 Å². The van der Waals surface area contributed by atoms with Crippen molar-refractivity contribution in [1.82, 2.24) is 24.7 Å². The Hall–Kier alpha value is -3.09. The molecule has 0 radical (unpaired) electrons. The van der Waals surface area contributed by atoms with Crippen LogP contribution in [0.3, 0.4) is 0 Å². The fourth-order valence-corrected chi connectivity index (χ4v) is 3.45. The Morgan fingerprint density at radius 1 is 1.23 bits per heavy atom. The number of amides is 1. The van der Waals surface area contributed by atoms with E-state index in [9.17, 15) is 17.4 Å². The van der Waals surface area contributed by atoms with Gasteiger partial charge in [0.05, 0.1) is 15.7 Å². The third kappa shape index (κ3) is 4.90. The number of alkyl halides is 3. The van der Waals surface area contributed by atoms with Crippen LogP contribution in [0.1, 0.15) is 19.5 Å². The molecule has 3 N–H and O–H groups in total. The van der Waals surface area contributed by atoms with Crippen LogP contribution in [0.15, 0.2) is 23.1 Å². The van der Waals surface area contributed by atoms with Crippen LogP contribution in [-0.4, -0.2) is 47.6 Å². The van der Waals surface area contributed by atoms with E-state index in [1.54, 1.807) is 26.1 Å². The van der Waals surface area contributed by atoms with Crippen molar-refractivity contribution in [2.45, 2.75) is 24.9 Å². The van der Waals surface area contributed by atoms with Gasteiger partial charge >= 0.3 is 6.18 Å². The molecule has 0 saturated carbocycles. The molecule has 0 fully saturated rings. The molecule has 30 heavy (non-hydrogen) atoms. The first kappa shape index (κ1) is 23.2. The quantitative estimate of drug-likeness (QED) is 0.578. The number of anilines is 1. The predicted octanol–water partition coefficient (Wildman–Crippen LogP) is 2.10. The zero-order valence-corrected chi connectivity index (χ0v) is 17.2. The summed E-state index contributed by atoms with van der Waals surface area (Å²) >= 11 is 0. The van der Waals surface area contributed by atoms with Crippen LogP contribution in [0.5, 0.6) is 0 Å². The Morgan fingerprint density at radius 3 is 2.47 bits per heavy atom. The highest BCUT2D eigenvalue weighted by Gasteiger charge is 2.34. The molecule has 3 aromatic rings. The maximum atomic E-state index is 12.9. The zero-order valence-electron chi connectivity index (χ0n) is 16.4. The van der Waals surface area contributed by atoms with Crippen LogP contribution in [0.25, 0.3) is 22.7 Å². The molecule has 1 unspecified atom stereocenters. The summed E-state index contributed by atoms with van der Waals surface area (Å²) in [6, 6.07) is 4.24. The minimum atomic E-state index is -4.61. The number of rotatable bonds is 5. The summed E-state index contributed by atoms with van der Waals surface area (Å²) in [5.74, 6) is 1.20. The van der Waals surface area contributed by atoms with E-state index in [2.05, 4.69) is 31.2 Å². The van der Waals surface area contributed by atoms with Crippen LogP contribution in [0, 0.1) is 0 Å². The van der Waals surface area contributed by atoms with Crippen LogP contribution in [0.2, 0.25) is 0 Å². The molecule has 13 heteroatoms. The third-order valence-corrected chi connectivity index (χ3v) is 5.19. The highest BCUT2D eigenvalue weighted by Crippen LogP contribution is 2.31. The topological polar surface area (TPSA) is 129 Å². The first-order valence-corrected chi connectivity index (χ1v) is 10.1. The van der Waals surface area contributed by atoms with Gasteiger partial charge in [0.2, 0.25) is 6.41 Å². The summed E-state index contributed by atoms with van der Waals surface area (Å²) < 4.78 is 52.6. The second kappa shape index (κ2) is 9.61. The lowest BCUT2D eigenvalue weighted by Crippen LogP contribution is -2.09. The Bertz CT molecular complexity index is 1070. The largest absolute Gasteiger partial charge is 0.435 e. The average Bonchev–Trinajstić information content (AvgIpc) is 3.03. The van der Waals surface area contributed by atoms with E-state index in [0.29, 0.717) is 28.7 Å². The van der Waals surface area contributed by atoms with Gasteiger partial charge in [-0.05, 0) is 19.1 Å². The monoisotopic (exact) mass is 443 g/mol. The van der Waals surface area contributed by atoms with E-state index < -0.39 is 22.7 Å². The highest BCUT2D eigenvalue weighted by molar-refractivity contribution is 7.85. The van der Waals surface area contributed by atoms with Gasteiger partial charge in [0.15, 0.2) is 17.2 Å². The van der Waals surface area contributed by atoms with Gasteiger partial charge in [-0.15, -0.1) is 10.2 Å². The van der Waals surface area contributed by atoms with Gasteiger partial charge < -0.3 is 15.6 Å². The van der Waals surface area contributed by atoms with Gasteiger partial charge in [-0.25, -0.2) is 9.97 Å². The van der Waals surface area contributed by atoms with Crippen molar-refractivity contribution in [1.29, 1.82) is 0 Å². The smallest absolute Gasteiger partial charge is 0.372 e. The first-order chi connectivity index (χ1) is 14.2. The summed E-state index contributed by atoms with van der Waals surface area (Å²) in [5, 5.41) is 9.96. The van der Waals surface area contributed by atoms with E-state index in [1.165, 1.54) is 4.57 Å². The van der Waals surface area contributed by atoms with Gasteiger partial charge in [0.25, 0.3) is 0 Å². The molecule has 0 aliphatic carbocycles. The molecule has 0 bridgehead atoms. The fourth-order valence-electron chi connectivity index (χ4n) is 2.56. The van der Waals surface area contributed by atoms with Crippen molar-refractivity contribution in [2.24, 2.45) is 12.8 Å². The number of nitrogens with zero attached hydrogens (tertiary/aromatic N) is 5. The van der Waals surface area contributed by atoms with Crippen LogP contribution >= 0.6 is 0 Å². The van der Waals surface area contributed by atoms with Crippen LogP contribution < -0.4 is 11.1 Å². The molecule has 9 nitrogen and oxygen atoms in total. The number of hydrogen-bond donors (Lipinski definition) is 2. The second-order valence-corrected chi connectivity index (χ2v) is 7.48. The van der Waals surface area contributed by atoms with Gasteiger partial charge in [0, 0.05) is 25.4 Å². The lowest BCUT2D eigenvalue weighted by atomic mass is 10.3. The molecule has 0 saturated heterocycles. The molecule has 3 heterocycles. The molecule has 0 aromatic carbocycles. The summed E-state index contributed by atoms with van der Waals surface area (Å²) in [6.45, 7) is 4.31. The molecule has 0 aliphatic heterocycles. The lowest BCUT2D eigenvalue weighted by Gasteiger charge is -2.10. The van der Waals surface area contributed by atoms with Crippen molar-refractivity contribution in [3.63, 3.8) is 0 Å². The number of primary amides is 1. The van der Waals surface area contributed by atoms with Gasteiger partial charge in [0.1, 0.15) is 17.0 Å². The number of halogens is 3. The number of nitrogens with one attached hydrogen (secondary N) is 1. The van der Waals surface area contributed by atoms with Crippen molar-refractivity contribution >= 4 is 34.2 Å². The minimum Gasteiger partial charge on any atom is -0.372 e. The number of fused-ring (bicyclic) bond motifs is 1. The fraction of sp³-hybridized carbons (Fsp3) is 0.353.